The van der Waals surface area contributed by atoms with Crippen molar-refractivity contribution in [2.45, 2.75) is 6.92 Å². The van der Waals surface area contributed by atoms with Crippen LogP contribution in [0.5, 0.6) is 0 Å². The zero-order valence-corrected chi connectivity index (χ0v) is 15.0. The van der Waals surface area contributed by atoms with E-state index in [1.807, 2.05) is 25.1 Å². The third-order valence-corrected chi connectivity index (χ3v) is 4.16. The summed E-state index contributed by atoms with van der Waals surface area (Å²) >= 11 is 6.14. The summed E-state index contributed by atoms with van der Waals surface area (Å²) in [6.45, 7) is 1.93. The number of nitrogens with one attached hydrogen (secondary N) is 2. The zero-order valence-electron chi connectivity index (χ0n) is 14.3. The van der Waals surface area contributed by atoms with Crippen molar-refractivity contribution < 1.29 is 9.53 Å². The van der Waals surface area contributed by atoms with E-state index >= 15 is 0 Å². The molecule has 0 atom stereocenters. The van der Waals surface area contributed by atoms with E-state index in [0.29, 0.717) is 22.4 Å². The SMILES string of the molecule is COC(=O)c1ccc(Nc2ccnc(Nc3cccc(Cl)c3C)n2)cc1. The molecule has 0 saturated carbocycles. The number of rotatable bonds is 5. The van der Waals surface area contributed by atoms with Crippen molar-refractivity contribution in [1.29, 1.82) is 0 Å². The molecule has 0 bridgehead atoms. The Bertz CT molecular complexity index is 929. The van der Waals surface area contributed by atoms with Gasteiger partial charge in [-0.3, -0.25) is 0 Å². The molecule has 0 aliphatic heterocycles. The number of anilines is 4. The third-order valence-electron chi connectivity index (χ3n) is 3.75. The lowest BCUT2D eigenvalue weighted by Crippen LogP contribution is -2.03. The molecule has 7 heteroatoms. The molecular weight excluding hydrogens is 352 g/mol. The van der Waals surface area contributed by atoms with E-state index in [-0.39, 0.29) is 5.97 Å². The second kappa shape index (κ2) is 7.84. The number of halogens is 1. The van der Waals surface area contributed by atoms with Gasteiger partial charge in [0.1, 0.15) is 5.82 Å². The van der Waals surface area contributed by atoms with Crippen LogP contribution in [-0.4, -0.2) is 23.0 Å². The Kier molecular flexibility index (Phi) is 5.34. The molecule has 1 heterocycles. The summed E-state index contributed by atoms with van der Waals surface area (Å²) in [6, 6.07) is 14.3. The van der Waals surface area contributed by atoms with Crippen molar-refractivity contribution >= 4 is 40.7 Å². The van der Waals surface area contributed by atoms with E-state index in [2.05, 4.69) is 25.3 Å². The number of nitrogens with zero attached hydrogens (tertiary/aromatic N) is 2. The highest BCUT2D eigenvalue weighted by atomic mass is 35.5. The van der Waals surface area contributed by atoms with Gasteiger partial charge in [0, 0.05) is 22.6 Å². The molecule has 0 unspecified atom stereocenters. The normalized spacial score (nSPS) is 10.3. The maximum atomic E-state index is 11.5. The Morgan fingerprint density at radius 2 is 1.85 bits per heavy atom. The molecule has 0 amide bonds. The number of hydrogen-bond acceptors (Lipinski definition) is 6. The maximum Gasteiger partial charge on any atom is 0.337 e. The molecule has 2 aromatic carbocycles. The minimum atomic E-state index is -0.373. The van der Waals surface area contributed by atoms with Crippen molar-refractivity contribution in [1.82, 2.24) is 9.97 Å². The lowest BCUT2D eigenvalue weighted by Gasteiger charge is -2.11. The smallest absolute Gasteiger partial charge is 0.337 e. The number of carbonyl (C=O) groups is 1. The summed E-state index contributed by atoms with van der Waals surface area (Å²) < 4.78 is 4.69. The fourth-order valence-corrected chi connectivity index (χ4v) is 2.48. The van der Waals surface area contributed by atoms with E-state index in [0.717, 1.165) is 16.9 Å². The average molecular weight is 369 g/mol. The minimum Gasteiger partial charge on any atom is -0.465 e. The van der Waals surface area contributed by atoms with Gasteiger partial charge in [-0.2, -0.15) is 4.98 Å². The highest BCUT2D eigenvalue weighted by Crippen LogP contribution is 2.25. The fraction of sp³-hybridized carbons (Fsp3) is 0.105. The Morgan fingerprint density at radius 1 is 1.08 bits per heavy atom. The summed E-state index contributed by atoms with van der Waals surface area (Å²) in [5.74, 6) is 0.696. The van der Waals surface area contributed by atoms with Gasteiger partial charge in [0.15, 0.2) is 0 Å². The number of hydrogen-bond donors (Lipinski definition) is 2. The first-order valence-corrected chi connectivity index (χ1v) is 8.25. The number of methoxy groups -OCH3 is 1. The first kappa shape index (κ1) is 17.7. The number of aromatic nitrogens is 2. The molecule has 6 nitrogen and oxygen atoms in total. The predicted molar refractivity (Wildman–Crippen MR) is 103 cm³/mol. The van der Waals surface area contributed by atoms with Crippen molar-refractivity contribution in [2.75, 3.05) is 17.7 Å². The second-order valence-corrected chi connectivity index (χ2v) is 5.90. The molecule has 3 rings (SSSR count). The minimum absolute atomic E-state index is 0.373. The standard InChI is InChI=1S/C19H17ClN4O2/c1-12-15(20)4-3-5-16(12)23-19-21-11-10-17(24-19)22-14-8-6-13(7-9-14)18(25)26-2/h3-11H,1-2H3,(H2,21,22,23,24). The van der Waals surface area contributed by atoms with Gasteiger partial charge in [0.2, 0.25) is 5.95 Å². The highest BCUT2D eigenvalue weighted by molar-refractivity contribution is 6.31. The molecule has 0 aliphatic rings. The van der Waals surface area contributed by atoms with E-state index < -0.39 is 0 Å². The topological polar surface area (TPSA) is 76.1 Å². The number of benzene rings is 2. The lowest BCUT2D eigenvalue weighted by atomic mass is 10.2. The van der Waals surface area contributed by atoms with Crippen LogP contribution in [0.4, 0.5) is 23.1 Å². The molecule has 2 N–H and O–H groups in total. The van der Waals surface area contributed by atoms with Crippen LogP contribution in [0.25, 0.3) is 0 Å². The lowest BCUT2D eigenvalue weighted by molar-refractivity contribution is 0.0601. The van der Waals surface area contributed by atoms with Crippen LogP contribution >= 0.6 is 11.6 Å². The summed E-state index contributed by atoms with van der Waals surface area (Å²) in [5, 5.41) is 7.01. The molecule has 0 spiro atoms. The Morgan fingerprint density at radius 3 is 2.58 bits per heavy atom. The van der Waals surface area contributed by atoms with Crippen molar-refractivity contribution in [3.63, 3.8) is 0 Å². The van der Waals surface area contributed by atoms with Gasteiger partial charge in [0.05, 0.1) is 12.7 Å². The summed E-state index contributed by atoms with van der Waals surface area (Å²) in [6.07, 6.45) is 1.65. The van der Waals surface area contributed by atoms with Crippen molar-refractivity contribution in [2.24, 2.45) is 0 Å². The van der Waals surface area contributed by atoms with Crippen LogP contribution in [0.1, 0.15) is 15.9 Å². The van der Waals surface area contributed by atoms with Gasteiger partial charge < -0.3 is 15.4 Å². The van der Waals surface area contributed by atoms with Gasteiger partial charge in [-0.25, -0.2) is 9.78 Å². The molecular formula is C19H17ClN4O2. The summed E-state index contributed by atoms with van der Waals surface area (Å²) in [7, 11) is 1.35. The number of esters is 1. The Hall–Kier alpha value is -3.12. The molecule has 0 aliphatic carbocycles. The van der Waals surface area contributed by atoms with E-state index in [1.165, 1.54) is 7.11 Å². The third kappa shape index (κ3) is 4.10. The zero-order chi connectivity index (χ0) is 18.5. The van der Waals surface area contributed by atoms with Crippen LogP contribution in [0.2, 0.25) is 5.02 Å². The van der Waals surface area contributed by atoms with Crippen molar-refractivity contribution in [3.8, 4) is 0 Å². The largest absolute Gasteiger partial charge is 0.465 e. The van der Waals surface area contributed by atoms with E-state index in [4.69, 9.17) is 11.6 Å². The van der Waals surface area contributed by atoms with E-state index in [9.17, 15) is 4.79 Å². The van der Waals surface area contributed by atoms with Gasteiger partial charge in [0.25, 0.3) is 0 Å². The Labute approximate surface area is 156 Å². The fourth-order valence-electron chi connectivity index (χ4n) is 2.31. The van der Waals surface area contributed by atoms with Crippen LogP contribution in [0.3, 0.4) is 0 Å². The van der Waals surface area contributed by atoms with Crippen LogP contribution < -0.4 is 10.6 Å². The van der Waals surface area contributed by atoms with Gasteiger partial charge in [-0.1, -0.05) is 17.7 Å². The molecule has 1 aromatic heterocycles. The highest BCUT2D eigenvalue weighted by Gasteiger charge is 2.07. The van der Waals surface area contributed by atoms with Crippen LogP contribution in [0.15, 0.2) is 54.7 Å². The monoisotopic (exact) mass is 368 g/mol. The molecule has 0 radical (unpaired) electrons. The molecule has 26 heavy (non-hydrogen) atoms. The maximum absolute atomic E-state index is 11.5. The first-order chi connectivity index (χ1) is 12.6. The number of carbonyl (C=O) groups excluding carboxylic acids is 1. The van der Waals surface area contributed by atoms with E-state index in [1.54, 1.807) is 36.5 Å². The quantitative estimate of drug-likeness (QED) is 0.635. The van der Waals surface area contributed by atoms with Gasteiger partial charge >= 0.3 is 5.97 Å². The Balaban J connectivity index is 1.75. The molecule has 132 valence electrons. The first-order valence-electron chi connectivity index (χ1n) is 7.87. The summed E-state index contributed by atoms with van der Waals surface area (Å²) in [4.78, 5) is 20.1. The predicted octanol–water partition coefficient (Wildman–Crippen LogP) is 4.71. The molecule has 0 fully saturated rings. The second-order valence-electron chi connectivity index (χ2n) is 5.50. The van der Waals surface area contributed by atoms with Crippen LogP contribution in [-0.2, 0) is 4.74 Å². The molecule has 0 saturated heterocycles. The molecule has 3 aromatic rings. The average Bonchev–Trinajstić information content (AvgIpc) is 2.66. The van der Waals surface area contributed by atoms with Gasteiger partial charge in [-0.15, -0.1) is 0 Å². The number of ether oxygens (including phenoxy) is 1. The summed E-state index contributed by atoms with van der Waals surface area (Å²) in [5.41, 5.74) is 3.05. The van der Waals surface area contributed by atoms with Crippen molar-refractivity contribution in [3.05, 3.63) is 70.9 Å². The van der Waals surface area contributed by atoms with Crippen LogP contribution in [0, 0.1) is 6.92 Å². The van der Waals surface area contributed by atoms with Gasteiger partial charge in [-0.05, 0) is 55.0 Å².